The zero-order chi connectivity index (χ0) is 16.8. The molecule has 2 aromatic rings. The maximum absolute atomic E-state index is 9.73. The molecule has 126 valence electrons. The molecule has 24 heavy (non-hydrogen) atoms. The van der Waals surface area contributed by atoms with Crippen LogP contribution >= 0.6 is 0 Å². The molecule has 2 N–H and O–H groups in total. The van der Waals surface area contributed by atoms with Crippen LogP contribution in [0.15, 0.2) is 53.7 Å². The van der Waals surface area contributed by atoms with Gasteiger partial charge in [0.2, 0.25) is 0 Å². The van der Waals surface area contributed by atoms with Crippen LogP contribution in [-0.2, 0) is 6.54 Å². The number of aliphatic hydroxyl groups is 1. The van der Waals surface area contributed by atoms with Crippen LogP contribution in [0.3, 0.4) is 0 Å². The first-order valence-corrected chi connectivity index (χ1v) is 8.48. The minimum Gasteiger partial charge on any atom is -0.391 e. The molecule has 2 heterocycles. The largest absolute Gasteiger partial charge is 0.391 e. The summed E-state index contributed by atoms with van der Waals surface area (Å²) in [4.78, 5) is 11.3. The van der Waals surface area contributed by atoms with Crippen molar-refractivity contribution >= 4 is 5.96 Å². The second-order valence-electron chi connectivity index (χ2n) is 5.97. The van der Waals surface area contributed by atoms with E-state index < -0.39 is 0 Å². The Labute approximate surface area is 143 Å². The van der Waals surface area contributed by atoms with Gasteiger partial charge in [-0.3, -0.25) is 4.98 Å². The summed E-state index contributed by atoms with van der Waals surface area (Å²) in [6.45, 7) is 4.99. The van der Waals surface area contributed by atoms with Crippen LogP contribution in [0.5, 0.6) is 0 Å². The Morgan fingerprint density at radius 3 is 2.96 bits per heavy atom. The van der Waals surface area contributed by atoms with Crippen molar-refractivity contribution in [1.82, 2.24) is 15.2 Å². The van der Waals surface area contributed by atoms with Gasteiger partial charge in [-0.25, -0.2) is 4.99 Å². The van der Waals surface area contributed by atoms with E-state index in [1.807, 2.05) is 30.5 Å². The average Bonchev–Trinajstić information content (AvgIpc) is 3.06. The number of pyridine rings is 1. The lowest BCUT2D eigenvalue weighted by atomic mass is 10.1. The molecule has 3 rings (SSSR count). The summed E-state index contributed by atoms with van der Waals surface area (Å²) >= 11 is 0. The van der Waals surface area contributed by atoms with Crippen molar-refractivity contribution in [1.29, 1.82) is 0 Å². The molecule has 0 saturated carbocycles. The van der Waals surface area contributed by atoms with Crippen LogP contribution in [0.25, 0.3) is 11.3 Å². The minimum absolute atomic E-state index is 0.249. The fraction of sp³-hybridized carbons (Fsp3) is 0.368. The van der Waals surface area contributed by atoms with Gasteiger partial charge in [-0.1, -0.05) is 24.3 Å². The average molecular weight is 324 g/mol. The highest BCUT2D eigenvalue weighted by molar-refractivity contribution is 5.80. The molecule has 1 atom stereocenters. The molecule has 0 bridgehead atoms. The first-order chi connectivity index (χ1) is 11.8. The fourth-order valence-electron chi connectivity index (χ4n) is 2.89. The van der Waals surface area contributed by atoms with Crippen LogP contribution in [0.4, 0.5) is 0 Å². The van der Waals surface area contributed by atoms with Gasteiger partial charge in [0.1, 0.15) is 0 Å². The molecule has 1 aliphatic heterocycles. The molecule has 0 radical (unpaired) electrons. The lowest BCUT2D eigenvalue weighted by molar-refractivity contribution is 0.188. The molecule has 0 unspecified atom stereocenters. The number of aliphatic imine (C=N–C) groups is 1. The lowest BCUT2D eigenvalue weighted by Crippen LogP contribution is -2.40. The van der Waals surface area contributed by atoms with Crippen LogP contribution in [0.2, 0.25) is 0 Å². The number of rotatable bonds is 4. The topological polar surface area (TPSA) is 60.8 Å². The molecule has 0 aliphatic carbocycles. The minimum atomic E-state index is -0.249. The van der Waals surface area contributed by atoms with E-state index in [-0.39, 0.29) is 6.10 Å². The van der Waals surface area contributed by atoms with Crippen LogP contribution < -0.4 is 5.32 Å². The number of aliphatic hydroxyl groups excluding tert-OH is 1. The molecule has 0 amide bonds. The molecule has 1 fully saturated rings. The molecule has 1 aromatic carbocycles. The third kappa shape index (κ3) is 4.11. The number of guanidine groups is 1. The third-order valence-corrected chi connectivity index (χ3v) is 4.10. The second kappa shape index (κ2) is 7.93. The first kappa shape index (κ1) is 16.5. The summed E-state index contributed by atoms with van der Waals surface area (Å²) in [5.41, 5.74) is 3.22. The van der Waals surface area contributed by atoms with Gasteiger partial charge in [0.15, 0.2) is 5.96 Å². The van der Waals surface area contributed by atoms with E-state index in [4.69, 9.17) is 4.99 Å². The molecule has 1 saturated heterocycles. The maximum Gasteiger partial charge on any atom is 0.194 e. The zero-order valence-electron chi connectivity index (χ0n) is 14.0. The summed E-state index contributed by atoms with van der Waals surface area (Å²) in [6.07, 6.45) is 2.36. The van der Waals surface area contributed by atoms with Crippen molar-refractivity contribution in [3.63, 3.8) is 0 Å². The van der Waals surface area contributed by atoms with Crippen molar-refractivity contribution in [2.45, 2.75) is 26.0 Å². The quantitative estimate of drug-likeness (QED) is 0.669. The van der Waals surface area contributed by atoms with Gasteiger partial charge in [0.05, 0.1) is 18.3 Å². The number of benzene rings is 1. The Bertz CT molecular complexity index is 687. The van der Waals surface area contributed by atoms with Crippen molar-refractivity contribution in [3.8, 4) is 11.3 Å². The Kier molecular flexibility index (Phi) is 5.43. The summed E-state index contributed by atoms with van der Waals surface area (Å²) < 4.78 is 0. The van der Waals surface area contributed by atoms with Crippen LogP contribution in [-0.4, -0.2) is 46.7 Å². The van der Waals surface area contributed by atoms with Crippen LogP contribution in [0.1, 0.15) is 18.9 Å². The van der Waals surface area contributed by atoms with E-state index in [9.17, 15) is 5.11 Å². The number of hydrogen-bond donors (Lipinski definition) is 2. The van der Waals surface area contributed by atoms with E-state index >= 15 is 0 Å². The molecular formula is C19H24N4O. The smallest absolute Gasteiger partial charge is 0.194 e. The van der Waals surface area contributed by atoms with E-state index in [0.29, 0.717) is 13.1 Å². The highest BCUT2D eigenvalue weighted by atomic mass is 16.3. The van der Waals surface area contributed by atoms with Gasteiger partial charge in [-0.05, 0) is 37.1 Å². The molecule has 1 aromatic heterocycles. The molecule has 5 nitrogen and oxygen atoms in total. The van der Waals surface area contributed by atoms with Crippen molar-refractivity contribution in [2.24, 2.45) is 4.99 Å². The molecule has 1 aliphatic rings. The number of likely N-dealkylation sites (tertiary alicyclic amines) is 1. The maximum atomic E-state index is 9.73. The van der Waals surface area contributed by atoms with E-state index in [0.717, 1.165) is 42.3 Å². The predicted octanol–water partition coefficient (Wildman–Crippen LogP) is 2.28. The fourth-order valence-corrected chi connectivity index (χ4v) is 2.89. The molecule has 5 heteroatoms. The highest BCUT2D eigenvalue weighted by Gasteiger charge is 2.22. The number of nitrogens with one attached hydrogen (secondary N) is 1. The van der Waals surface area contributed by atoms with Gasteiger partial charge in [-0.15, -0.1) is 0 Å². The Morgan fingerprint density at radius 2 is 2.25 bits per heavy atom. The van der Waals surface area contributed by atoms with E-state index in [1.165, 1.54) is 0 Å². The van der Waals surface area contributed by atoms with Gasteiger partial charge in [0, 0.05) is 31.4 Å². The summed E-state index contributed by atoms with van der Waals surface area (Å²) in [6, 6.07) is 14.3. The van der Waals surface area contributed by atoms with E-state index in [2.05, 4.69) is 40.3 Å². The zero-order valence-corrected chi connectivity index (χ0v) is 14.0. The molecular weight excluding hydrogens is 300 g/mol. The molecule has 0 spiro atoms. The second-order valence-corrected chi connectivity index (χ2v) is 5.97. The number of aromatic nitrogens is 1. The SMILES string of the molecule is CCNC(=NCc1cccc(-c2ccccn2)c1)N1CC[C@@H](O)C1. The highest BCUT2D eigenvalue weighted by Crippen LogP contribution is 2.18. The monoisotopic (exact) mass is 324 g/mol. The normalized spacial score (nSPS) is 18.0. The number of hydrogen-bond acceptors (Lipinski definition) is 3. The third-order valence-electron chi connectivity index (χ3n) is 4.10. The standard InChI is InChI=1S/C19H24N4O/c1-2-20-19(23-11-9-17(24)14-23)22-13-15-6-5-7-16(12-15)18-8-3-4-10-21-18/h3-8,10,12,17,24H,2,9,11,13-14H2,1H3,(H,20,22)/t17-/m1/s1. The lowest BCUT2D eigenvalue weighted by Gasteiger charge is -2.21. The van der Waals surface area contributed by atoms with Gasteiger partial charge < -0.3 is 15.3 Å². The van der Waals surface area contributed by atoms with Crippen LogP contribution in [0, 0.1) is 0 Å². The summed E-state index contributed by atoms with van der Waals surface area (Å²) in [5, 5.41) is 13.0. The van der Waals surface area contributed by atoms with Gasteiger partial charge >= 0.3 is 0 Å². The summed E-state index contributed by atoms with van der Waals surface area (Å²) in [5.74, 6) is 0.872. The Hall–Kier alpha value is -2.40. The number of nitrogens with zero attached hydrogens (tertiary/aromatic N) is 3. The van der Waals surface area contributed by atoms with Gasteiger partial charge in [-0.2, -0.15) is 0 Å². The Balaban J connectivity index is 1.74. The predicted molar refractivity (Wildman–Crippen MR) is 96.7 cm³/mol. The first-order valence-electron chi connectivity index (χ1n) is 8.48. The van der Waals surface area contributed by atoms with Crippen molar-refractivity contribution < 1.29 is 5.11 Å². The van der Waals surface area contributed by atoms with Gasteiger partial charge in [0.25, 0.3) is 0 Å². The van der Waals surface area contributed by atoms with Crippen molar-refractivity contribution in [2.75, 3.05) is 19.6 Å². The number of β-amino-alcohol motifs (C(OH)–C–C–N with tert-alkyl or cyclic N) is 1. The summed E-state index contributed by atoms with van der Waals surface area (Å²) in [7, 11) is 0. The Morgan fingerprint density at radius 1 is 1.33 bits per heavy atom. The van der Waals surface area contributed by atoms with Crippen molar-refractivity contribution in [3.05, 3.63) is 54.2 Å². The van der Waals surface area contributed by atoms with E-state index in [1.54, 1.807) is 0 Å².